The third kappa shape index (κ3) is 3.53. The van der Waals surface area contributed by atoms with Crippen molar-refractivity contribution in [1.29, 1.82) is 0 Å². The van der Waals surface area contributed by atoms with E-state index in [0.29, 0.717) is 12.5 Å². The number of rotatable bonds is 6. The van der Waals surface area contributed by atoms with Gasteiger partial charge in [0.05, 0.1) is 5.92 Å². The number of anilines is 1. The molecule has 0 spiro atoms. The predicted molar refractivity (Wildman–Crippen MR) is 120 cm³/mol. The van der Waals surface area contributed by atoms with Crippen molar-refractivity contribution in [3.8, 4) is 11.1 Å². The van der Waals surface area contributed by atoms with Gasteiger partial charge in [0.25, 0.3) is 0 Å². The highest BCUT2D eigenvalue weighted by atomic mass is 16.1. The fourth-order valence-corrected chi connectivity index (χ4v) is 4.46. The zero-order valence-electron chi connectivity index (χ0n) is 17.1. The second-order valence-electron chi connectivity index (χ2n) is 7.79. The molecule has 3 aromatic carbocycles. The third-order valence-corrected chi connectivity index (χ3v) is 5.91. The fourth-order valence-electron chi connectivity index (χ4n) is 4.46. The molecule has 0 fully saturated rings. The van der Waals surface area contributed by atoms with Crippen LogP contribution in [-0.2, 0) is 4.79 Å². The van der Waals surface area contributed by atoms with Gasteiger partial charge in [-0.25, -0.2) is 0 Å². The maximum Gasteiger partial charge on any atom is 0.232 e. The fraction of sp³-hybridized carbons (Fsp3) is 0.269. The van der Waals surface area contributed by atoms with Crippen molar-refractivity contribution in [2.75, 3.05) is 12.3 Å². The Morgan fingerprint density at radius 3 is 2.34 bits per heavy atom. The summed E-state index contributed by atoms with van der Waals surface area (Å²) in [5.41, 5.74) is 13.8. The van der Waals surface area contributed by atoms with E-state index in [1.165, 1.54) is 22.3 Å². The Morgan fingerprint density at radius 1 is 0.931 bits per heavy atom. The summed E-state index contributed by atoms with van der Waals surface area (Å²) in [6.45, 7) is 4.99. The van der Waals surface area contributed by atoms with Crippen LogP contribution in [0.4, 0.5) is 5.69 Å². The summed E-state index contributed by atoms with van der Waals surface area (Å²) >= 11 is 0. The summed E-state index contributed by atoms with van der Waals surface area (Å²) in [5.74, 6) is 0.177. The quantitative estimate of drug-likeness (QED) is 0.555. The molecule has 3 N–H and O–H groups in total. The van der Waals surface area contributed by atoms with Crippen LogP contribution >= 0.6 is 0 Å². The molecule has 3 nitrogen and oxygen atoms in total. The van der Waals surface area contributed by atoms with Crippen LogP contribution in [0.25, 0.3) is 11.1 Å². The zero-order chi connectivity index (χ0) is 20.4. The molecule has 1 amide bonds. The van der Waals surface area contributed by atoms with Crippen molar-refractivity contribution in [2.45, 2.75) is 38.5 Å². The van der Waals surface area contributed by atoms with Crippen molar-refractivity contribution >= 4 is 11.6 Å². The van der Waals surface area contributed by atoms with Gasteiger partial charge in [-0.05, 0) is 58.4 Å². The van der Waals surface area contributed by atoms with Crippen molar-refractivity contribution in [3.05, 3.63) is 89.0 Å². The Labute approximate surface area is 173 Å². The summed E-state index contributed by atoms with van der Waals surface area (Å²) in [5, 5.41) is 3.08. The molecular weight excluding hydrogens is 356 g/mol. The lowest BCUT2D eigenvalue weighted by Crippen LogP contribution is -2.29. The second kappa shape index (κ2) is 8.12. The first-order valence-electron chi connectivity index (χ1n) is 10.5. The first kappa shape index (κ1) is 19.3. The van der Waals surface area contributed by atoms with Crippen LogP contribution in [0, 0.1) is 0 Å². The summed E-state index contributed by atoms with van der Waals surface area (Å²) in [7, 11) is 0. The highest BCUT2D eigenvalue weighted by molar-refractivity contribution is 5.96. The molecule has 1 aliphatic rings. The molecule has 0 heterocycles. The van der Waals surface area contributed by atoms with Crippen LogP contribution in [-0.4, -0.2) is 12.5 Å². The predicted octanol–water partition coefficient (Wildman–Crippen LogP) is 5.45. The van der Waals surface area contributed by atoms with Gasteiger partial charge in [0.2, 0.25) is 5.91 Å². The molecule has 0 saturated carbocycles. The lowest BCUT2D eigenvalue weighted by atomic mass is 9.86. The number of hydrogen-bond donors (Lipinski definition) is 2. The van der Waals surface area contributed by atoms with Crippen molar-refractivity contribution in [2.24, 2.45) is 0 Å². The molecule has 4 rings (SSSR count). The van der Waals surface area contributed by atoms with Gasteiger partial charge < -0.3 is 11.1 Å². The molecule has 29 heavy (non-hydrogen) atoms. The van der Waals surface area contributed by atoms with Crippen molar-refractivity contribution < 1.29 is 4.79 Å². The summed E-state index contributed by atoms with van der Waals surface area (Å²) < 4.78 is 0. The molecule has 1 aliphatic carbocycles. The van der Waals surface area contributed by atoms with Gasteiger partial charge >= 0.3 is 0 Å². The van der Waals surface area contributed by atoms with E-state index in [1.807, 2.05) is 18.2 Å². The number of carbonyl (C=O) groups excluding carboxylic acids is 1. The number of nitrogens with one attached hydrogen (secondary N) is 1. The molecule has 0 saturated heterocycles. The molecule has 0 radical (unpaired) electrons. The number of fused-ring (bicyclic) bond motifs is 3. The summed E-state index contributed by atoms with van der Waals surface area (Å²) in [6, 6.07) is 23.1. The van der Waals surface area contributed by atoms with Crippen LogP contribution in [0.15, 0.2) is 66.7 Å². The minimum atomic E-state index is -0.224. The van der Waals surface area contributed by atoms with E-state index in [2.05, 4.69) is 67.7 Å². The van der Waals surface area contributed by atoms with Crippen molar-refractivity contribution in [3.63, 3.8) is 0 Å². The molecular formula is C26H28N2O. The number of nitrogens with two attached hydrogens (primary N) is 1. The van der Waals surface area contributed by atoms with E-state index in [4.69, 9.17) is 5.73 Å². The molecule has 2 atom stereocenters. The Kier molecular flexibility index (Phi) is 5.39. The van der Waals surface area contributed by atoms with E-state index < -0.39 is 0 Å². The first-order chi connectivity index (χ1) is 14.1. The highest BCUT2D eigenvalue weighted by Gasteiger charge is 2.34. The smallest absolute Gasteiger partial charge is 0.232 e. The van der Waals surface area contributed by atoms with Gasteiger partial charge in [-0.1, -0.05) is 68.4 Å². The SMILES string of the molecule is CCCNC(=O)C1c2ccccc2-c2cc(C(CC)c3ccc(N)cc3)ccc21. The highest BCUT2D eigenvalue weighted by Crippen LogP contribution is 2.46. The average Bonchev–Trinajstić information content (AvgIpc) is 3.08. The maximum atomic E-state index is 12.9. The first-order valence-corrected chi connectivity index (χ1v) is 10.5. The van der Waals surface area contributed by atoms with E-state index in [1.54, 1.807) is 0 Å². The Bertz CT molecular complexity index is 1020. The normalized spacial score (nSPS) is 15.4. The van der Waals surface area contributed by atoms with Gasteiger partial charge in [0.1, 0.15) is 0 Å². The number of hydrogen-bond acceptors (Lipinski definition) is 2. The van der Waals surface area contributed by atoms with Gasteiger partial charge in [0, 0.05) is 18.2 Å². The number of amides is 1. The largest absolute Gasteiger partial charge is 0.399 e. The van der Waals surface area contributed by atoms with Gasteiger partial charge in [-0.2, -0.15) is 0 Å². The molecule has 0 bridgehead atoms. The van der Waals surface area contributed by atoms with E-state index >= 15 is 0 Å². The number of nitrogen functional groups attached to an aromatic ring is 1. The zero-order valence-corrected chi connectivity index (χ0v) is 17.1. The number of benzene rings is 3. The van der Waals surface area contributed by atoms with Crippen LogP contribution in [0.2, 0.25) is 0 Å². The van der Waals surface area contributed by atoms with Gasteiger partial charge in [-0.15, -0.1) is 0 Å². The second-order valence-corrected chi connectivity index (χ2v) is 7.79. The van der Waals surface area contributed by atoms with Crippen LogP contribution in [0.3, 0.4) is 0 Å². The summed E-state index contributed by atoms with van der Waals surface area (Å²) in [4.78, 5) is 12.9. The lowest BCUT2D eigenvalue weighted by Gasteiger charge is -2.18. The van der Waals surface area contributed by atoms with E-state index in [9.17, 15) is 4.79 Å². The molecule has 0 aliphatic heterocycles. The van der Waals surface area contributed by atoms with Gasteiger partial charge in [-0.3, -0.25) is 4.79 Å². The molecule has 0 aromatic heterocycles. The van der Waals surface area contributed by atoms with Crippen LogP contribution in [0.5, 0.6) is 0 Å². The molecule has 2 unspecified atom stereocenters. The molecule has 3 heteroatoms. The summed E-state index contributed by atoms with van der Waals surface area (Å²) in [6.07, 6.45) is 1.94. The minimum absolute atomic E-state index is 0.0939. The minimum Gasteiger partial charge on any atom is -0.399 e. The lowest BCUT2D eigenvalue weighted by molar-refractivity contribution is -0.121. The van der Waals surface area contributed by atoms with Gasteiger partial charge in [0.15, 0.2) is 0 Å². The monoisotopic (exact) mass is 384 g/mol. The molecule has 148 valence electrons. The Morgan fingerprint density at radius 2 is 1.62 bits per heavy atom. The standard InChI is InChI=1S/C26H28N2O/c1-3-15-28-26(29)25-22-8-6-5-7-21(22)24-16-18(11-14-23(24)25)20(4-2)17-9-12-19(27)13-10-17/h5-14,16,20,25H,3-4,15,27H2,1-2H3,(H,28,29). The maximum absolute atomic E-state index is 12.9. The van der Waals surface area contributed by atoms with E-state index in [-0.39, 0.29) is 11.8 Å². The average molecular weight is 385 g/mol. The number of carbonyl (C=O) groups is 1. The topological polar surface area (TPSA) is 55.1 Å². The van der Waals surface area contributed by atoms with Crippen LogP contribution < -0.4 is 11.1 Å². The van der Waals surface area contributed by atoms with Crippen LogP contribution in [0.1, 0.15) is 60.8 Å². The third-order valence-electron chi connectivity index (χ3n) is 5.91. The Hall–Kier alpha value is -3.07. The Balaban J connectivity index is 1.77. The van der Waals surface area contributed by atoms with Crippen molar-refractivity contribution in [1.82, 2.24) is 5.32 Å². The molecule has 3 aromatic rings. The van der Waals surface area contributed by atoms with E-state index in [0.717, 1.165) is 29.7 Å².